The molecule has 2 aliphatic rings. The van der Waals surface area contributed by atoms with Crippen molar-refractivity contribution in [2.45, 2.75) is 55.4 Å². The first-order valence-corrected chi connectivity index (χ1v) is 19.2. The lowest BCUT2D eigenvalue weighted by molar-refractivity contribution is 0.0672. The van der Waals surface area contributed by atoms with Gasteiger partial charge in [0.2, 0.25) is 10.0 Å². The van der Waals surface area contributed by atoms with Crippen LogP contribution in [0, 0.1) is 5.92 Å². The third kappa shape index (κ3) is 9.59. The highest BCUT2D eigenvalue weighted by atomic mass is 32.3. The van der Waals surface area contributed by atoms with E-state index in [1.54, 1.807) is 35.2 Å². The number of hydrogen-bond acceptors (Lipinski definition) is 7. The lowest BCUT2D eigenvalue weighted by atomic mass is 9.94. The van der Waals surface area contributed by atoms with Crippen LogP contribution in [0.4, 0.5) is 9.59 Å². The normalized spacial score (nSPS) is 23.5. The van der Waals surface area contributed by atoms with Crippen molar-refractivity contribution in [3.05, 3.63) is 66.2 Å². The van der Waals surface area contributed by atoms with Crippen molar-refractivity contribution in [3.63, 3.8) is 0 Å². The summed E-state index contributed by atoms with van der Waals surface area (Å²) in [4.78, 5) is 27.3. The van der Waals surface area contributed by atoms with Gasteiger partial charge in [0.1, 0.15) is 13.2 Å². The molecule has 3 unspecified atom stereocenters. The smallest absolute Gasteiger partial charge is 0.410 e. The lowest BCUT2D eigenvalue weighted by Crippen LogP contribution is -2.56. The van der Waals surface area contributed by atoms with E-state index in [-0.39, 0.29) is 43.1 Å². The molecule has 2 fully saturated rings. The summed E-state index contributed by atoms with van der Waals surface area (Å²) >= 11 is 0. The fraction of sp³-hybridized carbons (Fsp3) is 0.548. The predicted octanol–water partition coefficient (Wildman–Crippen LogP) is 4.04. The van der Waals surface area contributed by atoms with Crippen molar-refractivity contribution in [2.75, 3.05) is 50.8 Å². The zero-order valence-corrected chi connectivity index (χ0v) is 26.9. The van der Waals surface area contributed by atoms with Crippen molar-refractivity contribution in [1.82, 2.24) is 14.5 Å². The standard InChI is InChI=1S/C31H45N3O7S2/c1-42(2,3)19-18-40-30(36)32-29-21-27(35)20-25(29)14-15-26-22-33(31(37)41-23-24-10-6-4-7-11-24)16-17-34(26)43(38,39)28-12-8-5-9-13-28/h4-13,25-27,29,35H,14-23H2,1-3H3,(H,32,36)/t25?,26-,27?,29?/m0/s1. The zero-order chi connectivity index (χ0) is 31.0. The Morgan fingerprint density at radius 3 is 2.28 bits per heavy atom. The molecule has 2 N–H and O–H groups in total. The maximum Gasteiger partial charge on any atom is 0.410 e. The van der Waals surface area contributed by atoms with Gasteiger partial charge in [-0.3, -0.25) is 0 Å². The number of alkyl carbamates (subject to hydrolysis) is 1. The second-order valence-corrected chi connectivity index (χ2v) is 18.7. The van der Waals surface area contributed by atoms with E-state index in [4.69, 9.17) is 9.47 Å². The first-order valence-electron chi connectivity index (χ1n) is 14.7. The first-order chi connectivity index (χ1) is 20.4. The largest absolute Gasteiger partial charge is 0.449 e. The number of sulfonamides is 1. The maximum atomic E-state index is 13.7. The van der Waals surface area contributed by atoms with Crippen molar-refractivity contribution in [3.8, 4) is 0 Å². The van der Waals surface area contributed by atoms with Crippen LogP contribution < -0.4 is 5.32 Å². The highest BCUT2D eigenvalue weighted by Gasteiger charge is 2.40. The average molecular weight is 636 g/mol. The molecule has 1 aliphatic carbocycles. The number of rotatable bonds is 11. The molecule has 2 aromatic carbocycles. The number of aliphatic hydroxyl groups excluding tert-OH is 1. The number of carbonyl (C=O) groups is 2. The lowest BCUT2D eigenvalue weighted by Gasteiger charge is -2.40. The number of hydrogen-bond donors (Lipinski definition) is 2. The van der Waals surface area contributed by atoms with Gasteiger partial charge in [-0.05, 0) is 68.1 Å². The Morgan fingerprint density at radius 1 is 0.930 bits per heavy atom. The minimum atomic E-state index is -3.81. The minimum Gasteiger partial charge on any atom is -0.449 e. The number of benzene rings is 2. The number of carbonyl (C=O) groups excluding carboxylic acids is 2. The van der Waals surface area contributed by atoms with E-state index in [0.717, 1.165) is 11.3 Å². The van der Waals surface area contributed by atoms with Gasteiger partial charge in [0.05, 0.1) is 11.0 Å². The van der Waals surface area contributed by atoms with Crippen LogP contribution in [-0.2, 0) is 26.1 Å². The van der Waals surface area contributed by atoms with Crippen LogP contribution >= 0.6 is 10.0 Å². The molecule has 43 heavy (non-hydrogen) atoms. The summed E-state index contributed by atoms with van der Waals surface area (Å²) in [5.41, 5.74) is 0.870. The van der Waals surface area contributed by atoms with E-state index >= 15 is 0 Å². The molecule has 4 rings (SSSR count). The van der Waals surface area contributed by atoms with Gasteiger partial charge in [0.15, 0.2) is 0 Å². The quantitative estimate of drug-likeness (QED) is 0.382. The zero-order valence-electron chi connectivity index (χ0n) is 25.3. The molecule has 0 aromatic heterocycles. The Bertz CT molecular complexity index is 1310. The van der Waals surface area contributed by atoms with Crippen molar-refractivity contribution in [2.24, 2.45) is 5.92 Å². The highest BCUT2D eigenvalue weighted by Crippen LogP contribution is 2.34. The SMILES string of the molecule is CS(C)(C)CCOC(=O)NC1CC(O)CC1CC[C@H]1CN(C(=O)OCc2ccccc2)CCN1S(=O)(=O)c1ccccc1. The minimum absolute atomic E-state index is 0.0579. The van der Waals surface area contributed by atoms with Gasteiger partial charge < -0.3 is 24.8 Å². The number of nitrogens with zero attached hydrogens (tertiary/aromatic N) is 2. The van der Waals surface area contributed by atoms with Gasteiger partial charge in [0, 0.05) is 37.5 Å². The van der Waals surface area contributed by atoms with Crippen LogP contribution in [-0.4, -0.2) is 104 Å². The predicted molar refractivity (Wildman–Crippen MR) is 169 cm³/mol. The Morgan fingerprint density at radius 2 is 1.60 bits per heavy atom. The van der Waals surface area contributed by atoms with Crippen LogP contribution in [0.1, 0.15) is 31.2 Å². The van der Waals surface area contributed by atoms with Crippen LogP contribution in [0.15, 0.2) is 65.6 Å². The van der Waals surface area contributed by atoms with Crippen molar-refractivity contribution in [1.29, 1.82) is 0 Å². The van der Waals surface area contributed by atoms with Gasteiger partial charge in [-0.15, -0.1) is 0 Å². The van der Waals surface area contributed by atoms with Crippen molar-refractivity contribution < 1.29 is 32.6 Å². The molecular formula is C31H45N3O7S2. The molecular weight excluding hydrogens is 590 g/mol. The number of piperazine rings is 1. The fourth-order valence-corrected chi connectivity index (χ4v) is 7.91. The third-order valence-corrected chi connectivity index (χ3v) is 11.4. The summed E-state index contributed by atoms with van der Waals surface area (Å²) < 4.78 is 39.8. The molecule has 238 valence electrons. The Balaban J connectivity index is 1.42. The van der Waals surface area contributed by atoms with E-state index in [1.807, 2.05) is 30.3 Å². The molecule has 1 saturated carbocycles. The molecule has 1 heterocycles. The summed E-state index contributed by atoms with van der Waals surface area (Å²) in [5.74, 6) is 0.756. The summed E-state index contributed by atoms with van der Waals surface area (Å²) in [7, 11) is -4.60. The summed E-state index contributed by atoms with van der Waals surface area (Å²) in [6, 6.07) is 16.9. The Labute approximate surface area is 257 Å². The molecule has 1 aliphatic heterocycles. The molecule has 2 amide bonds. The molecule has 1 saturated heterocycles. The first kappa shape index (κ1) is 33.1. The molecule has 0 bridgehead atoms. The third-order valence-electron chi connectivity index (χ3n) is 8.01. The van der Waals surface area contributed by atoms with Gasteiger partial charge in [-0.1, -0.05) is 48.5 Å². The summed E-state index contributed by atoms with van der Waals surface area (Å²) in [6.45, 7) is 1.01. The highest BCUT2D eigenvalue weighted by molar-refractivity contribution is 8.32. The molecule has 12 heteroatoms. The number of amides is 2. The number of ether oxygens (including phenoxy) is 2. The van der Waals surface area contributed by atoms with E-state index in [0.29, 0.717) is 32.3 Å². The Hall–Kier alpha value is -2.80. The van der Waals surface area contributed by atoms with Crippen LogP contribution in [0.5, 0.6) is 0 Å². The fourth-order valence-electron chi connectivity index (χ4n) is 5.67. The number of nitrogens with one attached hydrogen (secondary N) is 1. The van der Waals surface area contributed by atoms with Crippen LogP contribution in [0.2, 0.25) is 0 Å². The Kier molecular flexibility index (Phi) is 11.4. The topological polar surface area (TPSA) is 125 Å². The monoisotopic (exact) mass is 635 g/mol. The average Bonchev–Trinajstić information content (AvgIpc) is 3.33. The van der Waals surface area contributed by atoms with E-state index in [1.165, 1.54) is 4.31 Å². The van der Waals surface area contributed by atoms with Gasteiger partial charge in [-0.2, -0.15) is 4.31 Å². The molecule has 0 spiro atoms. The van der Waals surface area contributed by atoms with Gasteiger partial charge in [-0.25, -0.2) is 28.0 Å². The molecule has 4 atom stereocenters. The summed E-state index contributed by atoms with van der Waals surface area (Å²) in [6.07, 6.45) is 6.87. The number of aliphatic hydroxyl groups is 1. The maximum absolute atomic E-state index is 13.7. The summed E-state index contributed by atoms with van der Waals surface area (Å²) in [5, 5.41) is 13.4. The second-order valence-electron chi connectivity index (χ2n) is 12.2. The van der Waals surface area contributed by atoms with Gasteiger partial charge >= 0.3 is 12.2 Å². The van der Waals surface area contributed by atoms with E-state index in [2.05, 4.69) is 24.1 Å². The molecule has 10 nitrogen and oxygen atoms in total. The van der Waals surface area contributed by atoms with Gasteiger partial charge in [0.25, 0.3) is 0 Å². The second kappa shape index (κ2) is 14.8. The van der Waals surface area contributed by atoms with Crippen LogP contribution in [0.25, 0.3) is 0 Å². The van der Waals surface area contributed by atoms with Crippen LogP contribution in [0.3, 0.4) is 0 Å². The molecule has 2 aromatic rings. The van der Waals surface area contributed by atoms with E-state index < -0.39 is 44.4 Å². The van der Waals surface area contributed by atoms with E-state index in [9.17, 15) is 23.1 Å². The van der Waals surface area contributed by atoms with Crippen molar-refractivity contribution >= 4 is 32.2 Å². The molecule has 0 radical (unpaired) electrons.